The molecule has 1 fully saturated rings. The van der Waals surface area contributed by atoms with E-state index in [1.165, 1.54) is 6.21 Å². The van der Waals surface area contributed by atoms with Gasteiger partial charge in [0.15, 0.2) is 0 Å². The first-order chi connectivity index (χ1) is 9.28. The van der Waals surface area contributed by atoms with Crippen molar-refractivity contribution >= 4 is 35.1 Å². The van der Waals surface area contributed by atoms with Gasteiger partial charge in [0, 0.05) is 24.1 Å². The quantitative estimate of drug-likeness (QED) is 0.612. The van der Waals surface area contributed by atoms with Gasteiger partial charge < -0.3 is 0 Å². The van der Waals surface area contributed by atoms with Gasteiger partial charge in [0.1, 0.15) is 17.5 Å². The van der Waals surface area contributed by atoms with Gasteiger partial charge in [0.25, 0.3) is 0 Å². The molecule has 3 nitrogen and oxygen atoms in total. The van der Waals surface area contributed by atoms with Crippen LogP contribution in [0.2, 0.25) is 5.02 Å². The predicted octanol–water partition coefficient (Wildman–Crippen LogP) is 3.93. The molecule has 0 saturated heterocycles. The maximum absolute atomic E-state index is 12.0. The van der Waals surface area contributed by atoms with Crippen molar-refractivity contribution in [1.29, 1.82) is 0 Å². The SMILES string of the molecule is Cc1ccc(N=CC2C(=O)CC(C)(C)CC2=O)cc1Cl. The van der Waals surface area contributed by atoms with Crippen LogP contribution in [0.25, 0.3) is 0 Å². The monoisotopic (exact) mass is 291 g/mol. The second-order valence-electron chi connectivity index (χ2n) is 6.14. The van der Waals surface area contributed by atoms with E-state index in [0.717, 1.165) is 5.56 Å². The molecule has 0 aliphatic heterocycles. The van der Waals surface area contributed by atoms with Gasteiger partial charge in [-0.15, -0.1) is 0 Å². The summed E-state index contributed by atoms with van der Waals surface area (Å²) in [6.45, 7) is 5.79. The number of nitrogens with zero attached hydrogens (tertiary/aromatic N) is 1. The summed E-state index contributed by atoms with van der Waals surface area (Å²) < 4.78 is 0. The molecular formula is C16H18ClNO2. The molecule has 0 heterocycles. The van der Waals surface area contributed by atoms with Gasteiger partial charge in [-0.1, -0.05) is 31.5 Å². The molecule has 0 aromatic heterocycles. The normalized spacial score (nSPS) is 19.8. The van der Waals surface area contributed by atoms with Gasteiger partial charge in [0.2, 0.25) is 0 Å². The lowest BCUT2D eigenvalue weighted by Gasteiger charge is -2.30. The molecule has 2 rings (SSSR count). The Kier molecular flexibility index (Phi) is 4.09. The first-order valence-corrected chi connectivity index (χ1v) is 7.02. The average molecular weight is 292 g/mol. The molecule has 4 heteroatoms. The second kappa shape index (κ2) is 5.49. The minimum Gasteiger partial charge on any atom is -0.298 e. The van der Waals surface area contributed by atoms with Crippen LogP contribution in [0.3, 0.4) is 0 Å². The summed E-state index contributed by atoms with van der Waals surface area (Å²) in [5.41, 5.74) is 1.40. The molecule has 0 bridgehead atoms. The van der Waals surface area contributed by atoms with Crippen molar-refractivity contribution in [3.05, 3.63) is 28.8 Å². The summed E-state index contributed by atoms with van der Waals surface area (Å²) >= 11 is 6.02. The number of benzene rings is 1. The number of rotatable bonds is 2. The van der Waals surface area contributed by atoms with E-state index in [0.29, 0.717) is 23.6 Å². The molecule has 0 radical (unpaired) electrons. The topological polar surface area (TPSA) is 46.5 Å². The van der Waals surface area contributed by atoms with Crippen LogP contribution < -0.4 is 0 Å². The summed E-state index contributed by atoms with van der Waals surface area (Å²) in [5, 5.41) is 0.627. The molecule has 20 heavy (non-hydrogen) atoms. The summed E-state index contributed by atoms with van der Waals surface area (Å²) in [6, 6.07) is 5.41. The molecule has 1 saturated carbocycles. The van der Waals surface area contributed by atoms with E-state index < -0.39 is 5.92 Å². The zero-order valence-corrected chi connectivity index (χ0v) is 12.7. The highest BCUT2D eigenvalue weighted by Gasteiger charge is 2.38. The lowest BCUT2D eigenvalue weighted by molar-refractivity contribution is -0.136. The van der Waals surface area contributed by atoms with Gasteiger partial charge in [-0.3, -0.25) is 14.6 Å². The lowest BCUT2D eigenvalue weighted by atomic mass is 9.72. The Morgan fingerprint density at radius 3 is 2.40 bits per heavy atom. The Bertz CT molecular complexity index is 570. The summed E-state index contributed by atoms with van der Waals surface area (Å²) in [6.07, 6.45) is 2.30. The Morgan fingerprint density at radius 1 is 1.25 bits per heavy atom. The number of carbonyl (C=O) groups is 2. The van der Waals surface area contributed by atoms with Crippen molar-refractivity contribution in [2.24, 2.45) is 16.3 Å². The van der Waals surface area contributed by atoms with Gasteiger partial charge >= 0.3 is 0 Å². The fourth-order valence-corrected chi connectivity index (χ4v) is 2.57. The molecular weight excluding hydrogens is 274 g/mol. The standard InChI is InChI=1S/C16H18ClNO2/c1-10-4-5-11(6-13(10)17)18-9-12-14(19)7-16(2,3)8-15(12)20/h4-6,9,12H,7-8H2,1-3H3. The van der Waals surface area contributed by atoms with Crippen LogP contribution in [-0.2, 0) is 9.59 Å². The van der Waals surface area contributed by atoms with Crippen LogP contribution in [0.4, 0.5) is 5.69 Å². The number of halogens is 1. The van der Waals surface area contributed by atoms with Crippen LogP contribution in [0.5, 0.6) is 0 Å². The van der Waals surface area contributed by atoms with E-state index >= 15 is 0 Å². The van der Waals surface area contributed by atoms with E-state index in [1.54, 1.807) is 6.07 Å². The molecule has 1 aromatic rings. The Balaban J connectivity index is 2.16. The molecule has 1 aliphatic carbocycles. The van der Waals surface area contributed by atoms with Gasteiger partial charge in [-0.25, -0.2) is 0 Å². The van der Waals surface area contributed by atoms with E-state index in [4.69, 9.17) is 11.6 Å². The zero-order valence-electron chi connectivity index (χ0n) is 11.9. The van der Waals surface area contributed by atoms with E-state index in [2.05, 4.69) is 4.99 Å². The van der Waals surface area contributed by atoms with Crippen LogP contribution >= 0.6 is 11.6 Å². The Labute approximate surface area is 124 Å². The average Bonchev–Trinajstić information content (AvgIpc) is 2.31. The fourth-order valence-electron chi connectivity index (χ4n) is 2.39. The third-order valence-corrected chi connectivity index (χ3v) is 3.93. The van der Waals surface area contributed by atoms with Crippen molar-refractivity contribution in [2.75, 3.05) is 0 Å². The molecule has 0 spiro atoms. The van der Waals surface area contributed by atoms with E-state index in [1.807, 2.05) is 32.9 Å². The van der Waals surface area contributed by atoms with Gasteiger partial charge in [0.05, 0.1) is 5.69 Å². The first kappa shape index (κ1) is 14.9. The van der Waals surface area contributed by atoms with E-state index in [9.17, 15) is 9.59 Å². The number of aliphatic imine (C=N–C) groups is 1. The maximum Gasteiger partial charge on any atom is 0.149 e. The second-order valence-corrected chi connectivity index (χ2v) is 6.55. The fraction of sp³-hybridized carbons (Fsp3) is 0.438. The van der Waals surface area contributed by atoms with Crippen molar-refractivity contribution in [3.8, 4) is 0 Å². The number of aryl methyl sites for hydroxylation is 1. The lowest BCUT2D eigenvalue weighted by Crippen LogP contribution is -2.38. The minimum absolute atomic E-state index is 0.0480. The van der Waals surface area contributed by atoms with Gasteiger partial charge in [-0.2, -0.15) is 0 Å². The van der Waals surface area contributed by atoms with Crippen molar-refractivity contribution in [3.63, 3.8) is 0 Å². The van der Waals surface area contributed by atoms with Crippen molar-refractivity contribution < 1.29 is 9.59 Å². The molecule has 1 aliphatic rings. The summed E-state index contributed by atoms with van der Waals surface area (Å²) in [5.74, 6) is -0.801. The van der Waals surface area contributed by atoms with Crippen LogP contribution in [0.1, 0.15) is 32.3 Å². The highest BCUT2D eigenvalue weighted by atomic mass is 35.5. The van der Waals surface area contributed by atoms with Crippen LogP contribution in [-0.4, -0.2) is 17.8 Å². The molecule has 0 N–H and O–H groups in total. The van der Waals surface area contributed by atoms with Crippen molar-refractivity contribution in [1.82, 2.24) is 0 Å². The molecule has 0 unspecified atom stereocenters. The third kappa shape index (κ3) is 3.34. The number of hydrogen-bond donors (Lipinski definition) is 0. The number of ketones is 2. The number of hydrogen-bond acceptors (Lipinski definition) is 3. The Morgan fingerprint density at radius 2 is 1.85 bits per heavy atom. The van der Waals surface area contributed by atoms with Crippen LogP contribution in [0, 0.1) is 18.3 Å². The summed E-state index contributed by atoms with van der Waals surface area (Å²) in [7, 11) is 0. The number of Topliss-reactive ketones (excluding diaryl/α,β-unsaturated/α-hetero) is 2. The maximum atomic E-state index is 12.0. The highest BCUT2D eigenvalue weighted by Crippen LogP contribution is 2.33. The van der Waals surface area contributed by atoms with Crippen LogP contribution in [0.15, 0.2) is 23.2 Å². The predicted molar refractivity (Wildman–Crippen MR) is 80.9 cm³/mol. The third-order valence-electron chi connectivity index (χ3n) is 3.53. The molecule has 0 atom stereocenters. The Hall–Kier alpha value is -1.48. The molecule has 0 amide bonds. The largest absolute Gasteiger partial charge is 0.298 e. The summed E-state index contributed by atoms with van der Waals surface area (Å²) in [4.78, 5) is 28.3. The first-order valence-electron chi connectivity index (χ1n) is 6.64. The smallest absolute Gasteiger partial charge is 0.149 e. The van der Waals surface area contributed by atoms with E-state index in [-0.39, 0.29) is 17.0 Å². The zero-order chi connectivity index (χ0) is 14.9. The molecule has 1 aromatic carbocycles. The van der Waals surface area contributed by atoms with Crippen molar-refractivity contribution in [2.45, 2.75) is 33.6 Å². The molecule has 106 valence electrons. The number of carbonyl (C=O) groups excluding carboxylic acids is 2. The van der Waals surface area contributed by atoms with Gasteiger partial charge in [-0.05, 0) is 30.0 Å². The minimum atomic E-state index is -0.705. The highest BCUT2D eigenvalue weighted by molar-refractivity contribution is 6.31.